The second-order valence-electron chi connectivity index (χ2n) is 3.13. The maximum atomic E-state index is 10.7. The molecule has 74 valence electrons. The first kappa shape index (κ1) is 9.18. The number of hydrogen-bond acceptors (Lipinski definition) is 4. The molecule has 0 spiro atoms. The topological polar surface area (TPSA) is 38.8 Å². The molecule has 1 aromatic carbocycles. The molecule has 0 atom stereocenters. The van der Waals surface area contributed by atoms with Crippen LogP contribution in [0.3, 0.4) is 0 Å². The van der Waals surface area contributed by atoms with Gasteiger partial charge in [0.15, 0.2) is 0 Å². The van der Waals surface area contributed by atoms with Crippen LogP contribution < -0.4 is 0 Å². The summed E-state index contributed by atoms with van der Waals surface area (Å²) in [7, 11) is 0. The molecular weight excluding hydrogens is 182 g/mol. The van der Waals surface area contributed by atoms with E-state index in [1.807, 2.05) is 30.3 Å². The molecule has 0 aliphatic carbocycles. The van der Waals surface area contributed by atoms with E-state index in [9.17, 15) is 4.79 Å². The van der Waals surface area contributed by atoms with Gasteiger partial charge in [-0.3, -0.25) is 4.89 Å². The Morgan fingerprint density at radius 3 is 2.71 bits per heavy atom. The average Bonchev–Trinajstić information content (AvgIpc) is 2.63. The Balaban J connectivity index is 1.80. The number of hydrogen-bond donors (Lipinski definition) is 0. The number of hydroxylamine groups is 2. The van der Waals surface area contributed by atoms with E-state index in [2.05, 4.69) is 9.88 Å². The highest BCUT2D eigenvalue weighted by Crippen LogP contribution is 2.06. The Morgan fingerprint density at radius 1 is 1.29 bits per heavy atom. The molecule has 2 rings (SSSR count). The van der Waals surface area contributed by atoms with Gasteiger partial charge >= 0.3 is 5.97 Å². The van der Waals surface area contributed by atoms with Crippen molar-refractivity contribution in [2.75, 3.05) is 13.1 Å². The zero-order valence-corrected chi connectivity index (χ0v) is 7.68. The third-order valence-electron chi connectivity index (χ3n) is 2.03. The first-order valence-electron chi connectivity index (χ1n) is 4.51. The maximum absolute atomic E-state index is 10.7. The van der Waals surface area contributed by atoms with Crippen molar-refractivity contribution in [3.05, 3.63) is 35.9 Å². The Labute approximate surface area is 81.9 Å². The van der Waals surface area contributed by atoms with Crippen molar-refractivity contribution in [1.29, 1.82) is 0 Å². The predicted molar refractivity (Wildman–Crippen MR) is 48.9 cm³/mol. The molecule has 14 heavy (non-hydrogen) atoms. The van der Waals surface area contributed by atoms with Crippen LogP contribution in [-0.2, 0) is 21.1 Å². The van der Waals surface area contributed by atoms with Crippen LogP contribution in [0.25, 0.3) is 0 Å². The standard InChI is InChI=1S/C10H11NO3/c12-10-8-11(14-13-10)7-6-9-4-2-1-3-5-9/h1-5H,6-8H2. The van der Waals surface area contributed by atoms with E-state index in [4.69, 9.17) is 0 Å². The summed E-state index contributed by atoms with van der Waals surface area (Å²) >= 11 is 0. The summed E-state index contributed by atoms with van der Waals surface area (Å²) in [5, 5.41) is 1.51. The Bertz CT molecular complexity index is 312. The molecule has 0 saturated carbocycles. The van der Waals surface area contributed by atoms with Crippen molar-refractivity contribution in [2.24, 2.45) is 0 Å². The van der Waals surface area contributed by atoms with Crippen molar-refractivity contribution in [3.63, 3.8) is 0 Å². The Morgan fingerprint density at radius 2 is 2.07 bits per heavy atom. The van der Waals surface area contributed by atoms with Gasteiger partial charge in [-0.1, -0.05) is 35.3 Å². The number of rotatable bonds is 3. The van der Waals surface area contributed by atoms with Crippen LogP contribution in [0.2, 0.25) is 0 Å². The van der Waals surface area contributed by atoms with Crippen LogP contribution in [0.15, 0.2) is 30.3 Å². The first-order chi connectivity index (χ1) is 6.84. The van der Waals surface area contributed by atoms with Crippen molar-refractivity contribution < 1.29 is 14.7 Å². The summed E-state index contributed by atoms with van der Waals surface area (Å²) in [6.07, 6.45) is 0.845. The quantitative estimate of drug-likeness (QED) is 0.669. The molecule has 0 N–H and O–H groups in total. The van der Waals surface area contributed by atoms with Gasteiger partial charge in [-0.25, -0.2) is 4.79 Å². The Kier molecular flexibility index (Phi) is 2.76. The summed E-state index contributed by atoms with van der Waals surface area (Å²) in [4.78, 5) is 19.7. The largest absolute Gasteiger partial charge is 0.360 e. The minimum Gasteiger partial charge on any atom is -0.278 e. The molecule has 0 aromatic heterocycles. The number of carbonyl (C=O) groups is 1. The molecule has 1 aliphatic heterocycles. The third kappa shape index (κ3) is 2.31. The van der Waals surface area contributed by atoms with Gasteiger partial charge in [0, 0.05) is 6.54 Å². The van der Waals surface area contributed by atoms with Crippen molar-refractivity contribution in [2.45, 2.75) is 6.42 Å². The lowest BCUT2D eigenvalue weighted by Crippen LogP contribution is -2.22. The highest BCUT2D eigenvalue weighted by molar-refractivity contribution is 5.71. The van der Waals surface area contributed by atoms with E-state index in [-0.39, 0.29) is 12.5 Å². The number of carbonyl (C=O) groups excluding carboxylic acids is 1. The van der Waals surface area contributed by atoms with Gasteiger partial charge < -0.3 is 0 Å². The molecule has 0 unspecified atom stereocenters. The van der Waals surface area contributed by atoms with Gasteiger partial charge in [0.2, 0.25) is 0 Å². The van der Waals surface area contributed by atoms with Crippen LogP contribution in [-0.4, -0.2) is 24.1 Å². The minimum atomic E-state index is -0.335. The SMILES string of the molecule is O=C1CN(CCc2ccccc2)OO1. The number of nitrogens with zero attached hydrogens (tertiary/aromatic N) is 1. The zero-order chi connectivity index (χ0) is 9.80. The van der Waals surface area contributed by atoms with E-state index in [1.54, 1.807) is 0 Å². The lowest BCUT2D eigenvalue weighted by atomic mass is 10.1. The molecule has 4 nitrogen and oxygen atoms in total. The van der Waals surface area contributed by atoms with Crippen LogP contribution in [0.5, 0.6) is 0 Å². The van der Waals surface area contributed by atoms with Gasteiger partial charge in [0.25, 0.3) is 0 Å². The summed E-state index contributed by atoms with van der Waals surface area (Å²) in [5.74, 6) is -0.335. The second-order valence-corrected chi connectivity index (χ2v) is 3.13. The smallest absolute Gasteiger partial charge is 0.278 e. The van der Waals surface area contributed by atoms with Crippen molar-refractivity contribution in [1.82, 2.24) is 5.06 Å². The van der Waals surface area contributed by atoms with E-state index in [0.29, 0.717) is 6.54 Å². The van der Waals surface area contributed by atoms with Crippen LogP contribution >= 0.6 is 0 Å². The highest BCUT2D eigenvalue weighted by Gasteiger charge is 2.22. The molecule has 1 saturated heterocycles. The molecule has 4 heteroatoms. The van der Waals surface area contributed by atoms with E-state index < -0.39 is 0 Å². The van der Waals surface area contributed by atoms with E-state index in [1.165, 1.54) is 10.6 Å². The van der Waals surface area contributed by atoms with Gasteiger partial charge in [-0.05, 0) is 12.0 Å². The first-order valence-corrected chi connectivity index (χ1v) is 4.51. The van der Waals surface area contributed by atoms with Crippen LogP contribution in [0.1, 0.15) is 5.56 Å². The third-order valence-corrected chi connectivity index (χ3v) is 2.03. The summed E-state index contributed by atoms with van der Waals surface area (Å²) in [5.41, 5.74) is 1.22. The molecular formula is C10H11NO3. The zero-order valence-electron chi connectivity index (χ0n) is 7.68. The van der Waals surface area contributed by atoms with Gasteiger partial charge in [-0.15, -0.1) is 5.06 Å². The summed E-state index contributed by atoms with van der Waals surface area (Å²) < 4.78 is 0. The fourth-order valence-electron chi connectivity index (χ4n) is 1.31. The predicted octanol–water partition coefficient (Wildman–Crippen LogP) is 0.934. The second kappa shape index (κ2) is 4.21. The van der Waals surface area contributed by atoms with Crippen molar-refractivity contribution in [3.8, 4) is 0 Å². The fraction of sp³-hybridized carbons (Fsp3) is 0.300. The monoisotopic (exact) mass is 193 g/mol. The van der Waals surface area contributed by atoms with Gasteiger partial charge in [0.1, 0.15) is 6.54 Å². The summed E-state index contributed by atoms with van der Waals surface area (Å²) in [6, 6.07) is 10.0. The fourth-order valence-corrected chi connectivity index (χ4v) is 1.31. The van der Waals surface area contributed by atoms with Gasteiger partial charge in [-0.2, -0.15) is 0 Å². The molecule has 0 bridgehead atoms. The lowest BCUT2D eigenvalue weighted by Gasteiger charge is -2.07. The average molecular weight is 193 g/mol. The highest BCUT2D eigenvalue weighted by atomic mass is 17.3. The molecule has 1 heterocycles. The van der Waals surface area contributed by atoms with Crippen LogP contribution in [0.4, 0.5) is 0 Å². The molecule has 0 radical (unpaired) electrons. The number of benzene rings is 1. The van der Waals surface area contributed by atoms with Crippen LogP contribution in [0, 0.1) is 0 Å². The van der Waals surface area contributed by atoms with Crippen molar-refractivity contribution >= 4 is 5.97 Å². The molecule has 1 fully saturated rings. The molecule has 0 amide bonds. The lowest BCUT2D eigenvalue weighted by molar-refractivity contribution is -0.354. The minimum absolute atomic E-state index is 0.215. The molecule has 1 aliphatic rings. The summed E-state index contributed by atoms with van der Waals surface area (Å²) in [6.45, 7) is 0.878. The molecule has 1 aromatic rings. The van der Waals surface area contributed by atoms with E-state index in [0.717, 1.165) is 6.42 Å². The van der Waals surface area contributed by atoms with Gasteiger partial charge in [0.05, 0.1) is 0 Å². The van der Waals surface area contributed by atoms with E-state index >= 15 is 0 Å². The Hall–Kier alpha value is -1.39. The normalized spacial score (nSPS) is 17.0. The maximum Gasteiger partial charge on any atom is 0.360 e.